The van der Waals surface area contributed by atoms with Crippen molar-refractivity contribution in [3.8, 4) is 67.7 Å². The number of amidine groups is 2. The number of nitrogens with one attached hydrogen (secondary N) is 1. The summed E-state index contributed by atoms with van der Waals surface area (Å²) in [5.41, 5.74) is 16.9. The van der Waals surface area contributed by atoms with Gasteiger partial charge in [-0.15, -0.1) is 0 Å². The number of para-hydroxylation sites is 2. The number of aliphatic imine (C=N–C) groups is 2. The van der Waals surface area contributed by atoms with E-state index in [0.717, 1.165) is 90.2 Å². The van der Waals surface area contributed by atoms with Gasteiger partial charge in [-0.3, -0.25) is 9.97 Å². The number of ether oxygens (including phenoxy) is 1. The van der Waals surface area contributed by atoms with E-state index in [-0.39, 0.29) is 6.17 Å². The first-order valence-corrected chi connectivity index (χ1v) is 22.8. The zero-order chi connectivity index (χ0) is 45.0. The summed E-state index contributed by atoms with van der Waals surface area (Å²) in [6, 6.07) is 76.2. The predicted octanol–water partition coefficient (Wildman–Crippen LogP) is 13.5. The Bertz CT molecular complexity index is 3510. The molecule has 7 aromatic carbocycles. The van der Waals surface area contributed by atoms with Gasteiger partial charge in [0.1, 0.15) is 23.5 Å². The van der Waals surface area contributed by atoms with Crippen LogP contribution in [-0.2, 0) is 5.41 Å². The van der Waals surface area contributed by atoms with Gasteiger partial charge in [-0.1, -0.05) is 158 Å². The SMILES string of the molecule is c1ccc(C2=NC(c3ccccc3)NC(c3ccc(-c4ccc5c(c4)-c4cc(-c6cc(-c7ccccn7)nc(-c7ccccn7)c6)ccc4C54c5ccccc5Oc5ccccc54)cc3)=N2)cc1. The predicted molar refractivity (Wildman–Crippen MR) is 271 cm³/mol. The summed E-state index contributed by atoms with van der Waals surface area (Å²) in [6.07, 6.45) is 3.34. The van der Waals surface area contributed by atoms with Gasteiger partial charge in [0.25, 0.3) is 0 Å². The van der Waals surface area contributed by atoms with Gasteiger partial charge >= 0.3 is 0 Å². The van der Waals surface area contributed by atoms with Crippen LogP contribution < -0.4 is 10.1 Å². The van der Waals surface area contributed by atoms with Crippen LogP contribution in [0.25, 0.3) is 56.2 Å². The number of hydrogen-bond donors (Lipinski definition) is 1. The lowest BCUT2D eigenvalue weighted by molar-refractivity contribution is 0.436. The van der Waals surface area contributed by atoms with Crippen LogP contribution in [-0.4, -0.2) is 26.6 Å². The molecule has 7 heteroatoms. The second-order valence-corrected chi connectivity index (χ2v) is 17.2. The van der Waals surface area contributed by atoms with Gasteiger partial charge in [0.2, 0.25) is 0 Å². The first-order chi connectivity index (χ1) is 33.7. The van der Waals surface area contributed by atoms with E-state index < -0.39 is 5.41 Å². The maximum Gasteiger partial charge on any atom is 0.159 e. The van der Waals surface area contributed by atoms with Crippen LogP contribution in [0.3, 0.4) is 0 Å². The molecule has 1 atom stereocenters. The first-order valence-electron chi connectivity index (χ1n) is 22.8. The molecule has 0 radical (unpaired) electrons. The summed E-state index contributed by atoms with van der Waals surface area (Å²) in [4.78, 5) is 24.6. The van der Waals surface area contributed by atoms with Crippen molar-refractivity contribution in [2.45, 2.75) is 11.6 Å². The second kappa shape index (κ2) is 16.1. The van der Waals surface area contributed by atoms with Gasteiger partial charge in [-0.2, -0.15) is 0 Å². The van der Waals surface area contributed by atoms with E-state index in [1.807, 2.05) is 85.2 Å². The van der Waals surface area contributed by atoms with E-state index in [9.17, 15) is 0 Å². The van der Waals surface area contributed by atoms with Crippen LogP contribution in [0.4, 0.5) is 0 Å². The molecule has 1 aliphatic carbocycles. The maximum atomic E-state index is 6.67. The van der Waals surface area contributed by atoms with Crippen molar-refractivity contribution in [1.82, 2.24) is 20.3 Å². The summed E-state index contributed by atoms with van der Waals surface area (Å²) in [5.74, 6) is 3.20. The highest BCUT2D eigenvalue weighted by molar-refractivity contribution is 6.13. The molecule has 0 fully saturated rings. The molecule has 0 bridgehead atoms. The molecule has 0 amide bonds. The number of pyridine rings is 3. The lowest BCUT2D eigenvalue weighted by Crippen LogP contribution is -2.33. The normalized spacial score (nSPS) is 14.9. The molecule has 1 N–H and O–H groups in total. The van der Waals surface area contributed by atoms with Crippen LogP contribution in [0, 0.1) is 0 Å². The number of nitrogens with zero attached hydrogens (tertiary/aromatic N) is 5. The summed E-state index contributed by atoms with van der Waals surface area (Å²) >= 11 is 0. The Morgan fingerprint density at radius 2 is 0.912 bits per heavy atom. The molecule has 13 rings (SSSR count). The monoisotopic (exact) mass is 872 g/mol. The fraction of sp³-hybridized carbons (Fsp3) is 0.0328. The van der Waals surface area contributed by atoms with Crippen LogP contribution in [0.15, 0.2) is 241 Å². The third-order valence-electron chi connectivity index (χ3n) is 13.3. The minimum Gasteiger partial charge on any atom is -0.457 e. The third-order valence-corrected chi connectivity index (χ3v) is 13.3. The van der Waals surface area contributed by atoms with Crippen molar-refractivity contribution in [3.63, 3.8) is 0 Å². The standard InChI is InChI=1S/C61H40N6O/c1-3-15-40(16-4-1)58-65-59(41-17-5-2-6-18-41)67-60(66-58)42-27-25-39(26-28-42)43-29-31-48-46(35-43)47-36-44(45-37-54(52-21-11-13-33-62-52)64-55(38-45)53-22-12-14-34-63-53)30-32-49(47)61(48)50-19-7-9-23-56(50)68-57-24-10-8-20-51(57)61/h1-38,58H,(H,65,66,67). The smallest absolute Gasteiger partial charge is 0.159 e. The van der Waals surface area contributed by atoms with E-state index >= 15 is 0 Å². The van der Waals surface area contributed by atoms with E-state index in [1.165, 1.54) is 22.3 Å². The van der Waals surface area contributed by atoms with Crippen LogP contribution >= 0.6 is 0 Å². The Hall–Kier alpha value is -9.07. The fourth-order valence-corrected chi connectivity index (χ4v) is 10.2. The van der Waals surface area contributed by atoms with Crippen molar-refractivity contribution in [2.24, 2.45) is 9.98 Å². The zero-order valence-corrected chi connectivity index (χ0v) is 36.7. The lowest BCUT2D eigenvalue weighted by atomic mass is 9.66. The number of fused-ring (bicyclic) bond motifs is 9. The quantitative estimate of drug-likeness (QED) is 0.172. The summed E-state index contributed by atoms with van der Waals surface area (Å²) in [5, 5.41) is 3.62. The summed E-state index contributed by atoms with van der Waals surface area (Å²) < 4.78 is 6.67. The molecule has 1 unspecified atom stereocenters. The molecular weight excluding hydrogens is 833 g/mol. The fourth-order valence-electron chi connectivity index (χ4n) is 10.2. The molecule has 0 saturated carbocycles. The topological polar surface area (TPSA) is 84.7 Å². The van der Waals surface area contributed by atoms with Gasteiger partial charge in [0.15, 0.2) is 5.84 Å². The third kappa shape index (κ3) is 6.55. The van der Waals surface area contributed by atoms with Crippen molar-refractivity contribution in [1.29, 1.82) is 0 Å². The zero-order valence-electron chi connectivity index (χ0n) is 36.7. The number of hydrogen-bond acceptors (Lipinski definition) is 7. The van der Waals surface area contributed by atoms with Crippen molar-refractivity contribution >= 4 is 11.7 Å². The molecule has 2 aliphatic heterocycles. The Labute approximate surface area is 394 Å². The van der Waals surface area contributed by atoms with Crippen LogP contribution in [0.1, 0.15) is 45.1 Å². The van der Waals surface area contributed by atoms with Gasteiger partial charge in [0, 0.05) is 34.6 Å². The largest absolute Gasteiger partial charge is 0.457 e. The highest BCUT2D eigenvalue weighted by atomic mass is 16.5. The molecule has 3 aliphatic rings. The minimum absolute atomic E-state index is 0.275. The van der Waals surface area contributed by atoms with Gasteiger partial charge in [-0.05, 0) is 111 Å². The van der Waals surface area contributed by atoms with E-state index in [1.54, 1.807) is 0 Å². The maximum absolute atomic E-state index is 6.67. The average Bonchev–Trinajstić information content (AvgIpc) is 3.70. The number of benzene rings is 7. The van der Waals surface area contributed by atoms with Crippen LogP contribution in [0.5, 0.6) is 11.5 Å². The van der Waals surface area contributed by atoms with E-state index in [4.69, 9.17) is 29.7 Å². The number of rotatable bonds is 7. The Kier molecular flexibility index (Phi) is 9.32. The van der Waals surface area contributed by atoms with Crippen molar-refractivity contribution in [3.05, 3.63) is 270 Å². The van der Waals surface area contributed by atoms with E-state index in [0.29, 0.717) is 5.84 Å². The molecule has 320 valence electrons. The molecule has 0 saturated heterocycles. The molecule has 7 nitrogen and oxygen atoms in total. The molecule has 5 heterocycles. The Balaban J connectivity index is 0.958. The first kappa shape index (κ1) is 39.3. The van der Waals surface area contributed by atoms with Gasteiger partial charge in [-0.25, -0.2) is 15.0 Å². The average molecular weight is 873 g/mol. The highest BCUT2D eigenvalue weighted by Crippen LogP contribution is 2.62. The Morgan fingerprint density at radius 3 is 1.50 bits per heavy atom. The highest BCUT2D eigenvalue weighted by Gasteiger charge is 2.51. The Morgan fingerprint density at radius 1 is 0.397 bits per heavy atom. The van der Waals surface area contributed by atoms with Gasteiger partial charge in [0.05, 0.1) is 28.2 Å². The second-order valence-electron chi connectivity index (χ2n) is 17.2. The van der Waals surface area contributed by atoms with Crippen molar-refractivity contribution in [2.75, 3.05) is 0 Å². The summed E-state index contributed by atoms with van der Waals surface area (Å²) in [6.45, 7) is 0. The van der Waals surface area contributed by atoms with Crippen molar-refractivity contribution < 1.29 is 4.74 Å². The van der Waals surface area contributed by atoms with Crippen LogP contribution in [0.2, 0.25) is 0 Å². The van der Waals surface area contributed by atoms with Gasteiger partial charge < -0.3 is 10.1 Å². The molecule has 3 aromatic heterocycles. The molecular formula is C61H40N6O. The molecule has 68 heavy (non-hydrogen) atoms. The molecule has 10 aromatic rings. The molecule has 1 spiro atoms. The summed E-state index contributed by atoms with van der Waals surface area (Å²) in [7, 11) is 0. The lowest BCUT2D eigenvalue weighted by Gasteiger charge is -2.39. The van der Waals surface area contributed by atoms with E-state index in [2.05, 4.69) is 151 Å². The number of aromatic nitrogens is 3. The minimum atomic E-state index is -0.619.